The van der Waals surface area contributed by atoms with Gasteiger partial charge in [-0.3, -0.25) is 4.99 Å². The van der Waals surface area contributed by atoms with Crippen LogP contribution in [0.5, 0.6) is 11.5 Å². The van der Waals surface area contributed by atoms with Crippen molar-refractivity contribution in [2.24, 2.45) is 4.99 Å². The molecule has 0 spiro atoms. The zero-order chi connectivity index (χ0) is 16.8. The van der Waals surface area contributed by atoms with Crippen molar-refractivity contribution in [2.75, 3.05) is 13.2 Å². The third-order valence-electron chi connectivity index (χ3n) is 3.47. The van der Waals surface area contributed by atoms with Crippen molar-refractivity contribution in [3.63, 3.8) is 0 Å². The predicted octanol–water partition coefficient (Wildman–Crippen LogP) is 5.61. The van der Waals surface area contributed by atoms with E-state index in [2.05, 4.69) is 46.9 Å². The molecule has 0 saturated carbocycles. The summed E-state index contributed by atoms with van der Waals surface area (Å²) >= 11 is 3.55. The van der Waals surface area contributed by atoms with Crippen LogP contribution in [0, 0.1) is 13.8 Å². The molecule has 0 aromatic heterocycles. The van der Waals surface area contributed by atoms with Gasteiger partial charge >= 0.3 is 0 Å². The van der Waals surface area contributed by atoms with Gasteiger partial charge in [0.2, 0.25) is 0 Å². The van der Waals surface area contributed by atoms with Gasteiger partial charge in [-0.25, -0.2) is 0 Å². The van der Waals surface area contributed by atoms with Gasteiger partial charge in [-0.05, 0) is 84.6 Å². The molecule has 2 aromatic rings. The molecule has 0 N–H and O–H groups in total. The van der Waals surface area contributed by atoms with E-state index >= 15 is 0 Å². The summed E-state index contributed by atoms with van der Waals surface area (Å²) in [6, 6.07) is 10.1. The molecule has 0 fully saturated rings. The maximum Gasteiger partial charge on any atom is 0.175 e. The van der Waals surface area contributed by atoms with Crippen molar-refractivity contribution in [1.29, 1.82) is 0 Å². The first-order valence-electron chi connectivity index (χ1n) is 7.75. The minimum atomic E-state index is 0.588. The highest BCUT2D eigenvalue weighted by Gasteiger charge is 2.11. The van der Waals surface area contributed by atoms with Crippen molar-refractivity contribution in [3.05, 3.63) is 51.5 Å². The number of aliphatic imine (C=N–C) groups is 1. The molecule has 2 aromatic carbocycles. The molecule has 0 aliphatic rings. The summed E-state index contributed by atoms with van der Waals surface area (Å²) in [6.07, 6.45) is 1.84. The van der Waals surface area contributed by atoms with Gasteiger partial charge < -0.3 is 9.47 Å². The Hall–Kier alpha value is -1.81. The Bertz CT molecular complexity index is 711. The molecule has 0 aliphatic heterocycles. The van der Waals surface area contributed by atoms with Gasteiger partial charge in [0.1, 0.15) is 0 Å². The summed E-state index contributed by atoms with van der Waals surface area (Å²) in [7, 11) is 0. The van der Waals surface area contributed by atoms with Crippen molar-refractivity contribution >= 4 is 27.8 Å². The van der Waals surface area contributed by atoms with Gasteiger partial charge in [-0.15, -0.1) is 0 Å². The molecule has 0 atom stereocenters. The monoisotopic (exact) mass is 375 g/mol. The lowest BCUT2D eigenvalue weighted by molar-refractivity contribution is 0.286. The number of halogens is 1. The van der Waals surface area contributed by atoms with E-state index in [9.17, 15) is 0 Å². The number of ether oxygens (including phenoxy) is 2. The first-order valence-corrected chi connectivity index (χ1v) is 8.55. The van der Waals surface area contributed by atoms with Gasteiger partial charge in [0.25, 0.3) is 0 Å². The Labute approximate surface area is 146 Å². The Balaban J connectivity index is 2.31. The van der Waals surface area contributed by atoms with Crippen LogP contribution < -0.4 is 9.47 Å². The lowest BCUT2D eigenvalue weighted by atomic mass is 10.1. The van der Waals surface area contributed by atoms with Crippen molar-refractivity contribution in [1.82, 2.24) is 0 Å². The van der Waals surface area contributed by atoms with E-state index in [1.165, 1.54) is 11.1 Å². The van der Waals surface area contributed by atoms with Gasteiger partial charge in [-0.1, -0.05) is 6.07 Å². The molecule has 0 amide bonds. The number of aryl methyl sites for hydroxylation is 2. The van der Waals surface area contributed by atoms with Gasteiger partial charge in [0.05, 0.1) is 23.4 Å². The van der Waals surface area contributed by atoms with Gasteiger partial charge in [0, 0.05) is 6.21 Å². The largest absolute Gasteiger partial charge is 0.490 e. The average Bonchev–Trinajstić information content (AvgIpc) is 2.52. The minimum Gasteiger partial charge on any atom is -0.490 e. The zero-order valence-corrected chi connectivity index (χ0v) is 15.6. The number of rotatable bonds is 6. The quantitative estimate of drug-likeness (QED) is 0.613. The highest BCUT2D eigenvalue weighted by Crippen LogP contribution is 2.36. The molecule has 0 unspecified atom stereocenters. The van der Waals surface area contributed by atoms with E-state index in [4.69, 9.17) is 9.47 Å². The normalized spacial score (nSPS) is 11.0. The lowest BCUT2D eigenvalue weighted by Gasteiger charge is -2.13. The molecule has 3 nitrogen and oxygen atoms in total. The molecule has 4 heteroatoms. The Morgan fingerprint density at radius 2 is 1.74 bits per heavy atom. The Kier molecular flexibility index (Phi) is 6.22. The lowest BCUT2D eigenvalue weighted by Crippen LogP contribution is -2.00. The topological polar surface area (TPSA) is 30.8 Å². The molecular formula is C19H22BrNO2. The van der Waals surface area contributed by atoms with E-state index in [1.807, 2.05) is 38.3 Å². The minimum absolute atomic E-state index is 0.588. The second-order valence-electron chi connectivity index (χ2n) is 5.22. The number of hydrogen-bond donors (Lipinski definition) is 0. The summed E-state index contributed by atoms with van der Waals surface area (Å²) in [5, 5.41) is 0. The maximum absolute atomic E-state index is 5.68. The molecule has 0 bridgehead atoms. The van der Waals surface area contributed by atoms with Crippen LogP contribution in [0.2, 0.25) is 0 Å². The summed E-state index contributed by atoms with van der Waals surface area (Å²) in [5.41, 5.74) is 4.41. The number of hydrogen-bond acceptors (Lipinski definition) is 3. The maximum atomic E-state index is 5.68. The molecule has 23 heavy (non-hydrogen) atoms. The van der Waals surface area contributed by atoms with Crippen LogP contribution in [0.25, 0.3) is 0 Å². The molecule has 0 aliphatic carbocycles. The Morgan fingerprint density at radius 3 is 2.39 bits per heavy atom. The van der Waals surface area contributed by atoms with E-state index in [0.717, 1.165) is 27.2 Å². The molecule has 122 valence electrons. The predicted molar refractivity (Wildman–Crippen MR) is 99.7 cm³/mol. The van der Waals surface area contributed by atoms with Crippen LogP contribution in [-0.2, 0) is 0 Å². The van der Waals surface area contributed by atoms with Crippen LogP contribution in [0.1, 0.15) is 30.5 Å². The fourth-order valence-electron chi connectivity index (χ4n) is 2.16. The van der Waals surface area contributed by atoms with Crippen LogP contribution >= 0.6 is 15.9 Å². The molecule has 0 heterocycles. The van der Waals surface area contributed by atoms with Crippen LogP contribution in [0.4, 0.5) is 5.69 Å². The second-order valence-corrected chi connectivity index (χ2v) is 6.08. The smallest absolute Gasteiger partial charge is 0.175 e. The molecular weight excluding hydrogens is 354 g/mol. The van der Waals surface area contributed by atoms with Crippen molar-refractivity contribution in [2.45, 2.75) is 27.7 Å². The summed E-state index contributed by atoms with van der Waals surface area (Å²) in [5.74, 6) is 1.46. The van der Waals surface area contributed by atoms with E-state index < -0.39 is 0 Å². The highest BCUT2D eigenvalue weighted by atomic mass is 79.9. The van der Waals surface area contributed by atoms with E-state index in [0.29, 0.717) is 13.2 Å². The van der Waals surface area contributed by atoms with E-state index in [1.54, 1.807) is 0 Å². The summed E-state index contributed by atoms with van der Waals surface area (Å²) < 4.78 is 12.2. The van der Waals surface area contributed by atoms with Crippen LogP contribution in [-0.4, -0.2) is 19.4 Å². The van der Waals surface area contributed by atoms with Gasteiger partial charge in [-0.2, -0.15) is 0 Å². The standard InChI is InChI=1S/C19H22BrNO2/c1-5-22-18-11-15(10-17(20)19(18)23-6-2)12-21-16-8-7-13(3)14(4)9-16/h7-12H,5-6H2,1-4H3. The SMILES string of the molecule is CCOc1cc(C=Nc2ccc(C)c(C)c2)cc(Br)c1OCC. The first-order chi connectivity index (χ1) is 11.0. The molecule has 2 rings (SSSR count). The fraction of sp³-hybridized carbons (Fsp3) is 0.316. The fourth-order valence-corrected chi connectivity index (χ4v) is 2.74. The third-order valence-corrected chi connectivity index (χ3v) is 4.06. The third kappa shape index (κ3) is 4.58. The van der Waals surface area contributed by atoms with Crippen LogP contribution in [0.3, 0.4) is 0 Å². The zero-order valence-electron chi connectivity index (χ0n) is 14.0. The average molecular weight is 376 g/mol. The Morgan fingerprint density at radius 1 is 1.00 bits per heavy atom. The highest BCUT2D eigenvalue weighted by molar-refractivity contribution is 9.10. The molecule has 0 radical (unpaired) electrons. The van der Waals surface area contributed by atoms with Crippen molar-refractivity contribution in [3.8, 4) is 11.5 Å². The molecule has 0 saturated heterocycles. The number of benzene rings is 2. The van der Waals surface area contributed by atoms with E-state index in [-0.39, 0.29) is 0 Å². The first kappa shape index (κ1) is 17.5. The summed E-state index contributed by atoms with van der Waals surface area (Å²) in [4.78, 5) is 4.55. The number of nitrogens with zero attached hydrogens (tertiary/aromatic N) is 1. The second kappa shape index (κ2) is 8.16. The van der Waals surface area contributed by atoms with Crippen LogP contribution in [0.15, 0.2) is 39.8 Å². The van der Waals surface area contributed by atoms with Gasteiger partial charge in [0.15, 0.2) is 11.5 Å². The van der Waals surface area contributed by atoms with Crippen molar-refractivity contribution < 1.29 is 9.47 Å². The summed E-state index contributed by atoms with van der Waals surface area (Å²) in [6.45, 7) is 9.28.